The molecule has 3 heterocycles. The molecule has 0 saturated carbocycles. The molecule has 0 aliphatic carbocycles. The van der Waals surface area contributed by atoms with Crippen LogP contribution in [0.4, 0.5) is 0 Å². The molecule has 3 aromatic rings. The highest BCUT2D eigenvalue weighted by Gasteiger charge is 2.36. The maximum absolute atomic E-state index is 12.5. The predicted molar refractivity (Wildman–Crippen MR) is 111 cm³/mol. The van der Waals surface area contributed by atoms with Crippen LogP contribution in [0.3, 0.4) is 0 Å². The smallest absolute Gasteiger partial charge is 0.280 e. The molecule has 8 heteroatoms. The van der Waals surface area contributed by atoms with Crippen LogP contribution < -0.4 is 5.32 Å². The Bertz CT molecular complexity index is 1050. The van der Waals surface area contributed by atoms with Crippen molar-refractivity contribution in [3.8, 4) is 0 Å². The number of aromatic amines is 1. The molecule has 1 aliphatic heterocycles. The largest absolute Gasteiger partial charge is 0.346 e. The Balaban J connectivity index is 1.36. The lowest BCUT2D eigenvalue weighted by Crippen LogP contribution is -2.34. The summed E-state index contributed by atoms with van der Waals surface area (Å²) in [6.07, 6.45) is 2.07. The number of benzene rings is 1. The maximum atomic E-state index is 12.5. The quantitative estimate of drug-likeness (QED) is 0.588. The van der Waals surface area contributed by atoms with Gasteiger partial charge in [-0.25, -0.2) is 4.98 Å². The highest BCUT2D eigenvalue weighted by Crippen LogP contribution is 2.23. The molecule has 2 N–H and O–H groups in total. The molecule has 1 atom stereocenters. The number of para-hydroxylation sites is 2. The van der Waals surface area contributed by atoms with E-state index in [1.165, 1.54) is 6.20 Å². The summed E-state index contributed by atoms with van der Waals surface area (Å²) >= 11 is 0. The van der Waals surface area contributed by atoms with Crippen molar-refractivity contribution in [3.63, 3.8) is 0 Å². The summed E-state index contributed by atoms with van der Waals surface area (Å²) in [7, 11) is 0. The van der Waals surface area contributed by atoms with Crippen LogP contribution in [-0.2, 0) is 4.79 Å². The number of hydrogen-bond donors (Lipinski definition) is 2. The molecule has 0 fully saturated rings. The van der Waals surface area contributed by atoms with E-state index in [-0.39, 0.29) is 42.4 Å². The van der Waals surface area contributed by atoms with E-state index >= 15 is 0 Å². The van der Waals surface area contributed by atoms with Crippen molar-refractivity contribution in [1.82, 2.24) is 25.2 Å². The predicted octanol–water partition coefficient (Wildman–Crippen LogP) is 2.85. The first-order chi connectivity index (χ1) is 14.5. The molecular weight excluding hydrogens is 382 g/mol. The fourth-order valence-electron chi connectivity index (χ4n) is 3.63. The number of amides is 3. The Kier molecular flexibility index (Phi) is 5.31. The number of imidazole rings is 1. The summed E-state index contributed by atoms with van der Waals surface area (Å²) in [6, 6.07) is 10.7. The van der Waals surface area contributed by atoms with Gasteiger partial charge in [-0.3, -0.25) is 24.3 Å². The van der Waals surface area contributed by atoms with Gasteiger partial charge in [-0.1, -0.05) is 26.0 Å². The molecule has 154 valence electrons. The highest BCUT2D eigenvalue weighted by molar-refractivity contribution is 6.20. The fraction of sp³-hybridized carbons (Fsp3) is 0.318. The lowest BCUT2D eigenvalue weighted by Gasteiger charge is -2.20. The minimum Gasteiger partial charge on any atom is -0.346 e. The molecule has 8 nitrogen and oxygen atoms in total. The minimum absolute atomic E-state index is 0.136. The molecule has 0 saturated heterocycles. The van der Waals surface area contributed by atoms with Gasteiger partial charge < -0.3 is 10.3 Å². The lowest BCUT2D eigenvalue weighted by molar-refractivity contribution is -0.122. The van der Waals surface area contributed by atoms with Crippen molar-refractivity contribution >= 4 is 28.8 Å². The summed E-state index contributed by atoms with van der Waals surface area (Å²) in [6.45, 7) is 4.21. The van der Waals surface area contributed by atoms with Crippen molar-refractivity contribution < 1.29 is 14.4 Å². The molecule has 2 aromatic heterocycles. The van der Waals surface area contributed by atoms with Gasteiger partial charge in [0.2, 0.25) is 5.91 Å². The maximum Gasteiger partial charge on any atom is 0.280 e. The Morgan fingerprint density at radius 1 is 1.13 bits per heavy atom. The number of nitrogens with one attached hydrogen (secondary N) is 2. The first-order valence-corrected chi connectivity index (χ1v) is 10.0. The van der Waals surface area contributed by atoms with E-state index in [0.29, 0.717) is 17.8 Å². The van der Waals surface area contributed by atoms with Gasteiger partial charge in [0.15, 0.2) is 0 Å². The van der Waals surface area contributed by atoms with Crippen molar-refractivity contribution in [2.24, 2.45) is 5.92 Å². The Morgan fingerprint density at radius 3 is 2.67 bits per heavy atom. The number of hydrogen-bond acceptors (Lipinski definition) is 5. The van der Waals surface area contributed by atoms with Gasteiger partial charge in [0.1, 0.15) is 11.5 Å². The SMILES string of the molecule is CC(C)C(NC(=O)CCCN1C(=O)c2cccnc2C1=O)c1nc2ccccc2[nH]1. The van der Waals surface area contributed by atoms with E-state index in [9.17, 15) is 14.4 Å². The zero-order chi connectivity index (χ0) is 21.3. The van der Waals surface area contributed by atoms with Gasteiger partial charge in [0, 0.05) is 19.2 Å². The number of aromatic nitrogens is 3. The van der Waals surface area contributed by atoms with Crippen LogP contribution in [0, 0.1) is 5.92 Å². The van der Waals surface area contributed by atoms with Crippen LogP contribution in [-0.4, -0.2) is 44.1 Å². The van der Waals surface area contributed by atoms with E-state index in [1.54, 1.807) is 12.1 Å². The molecule has 3 amide bonds. The second kappa shape index (κ2) is 8.06. The minimum atomic E-state index is -0.404. The number of fused-ring (bicyclic) bond motifs is 2. The molecule has 1 aliphatic rings. The number of nitrogens with zero attached hydrogens (tertiary/aromatic N) is 3. The summed E-state index contributed by atoms with van der Waals surface area (Å²) in [5, 5.41) is 3.03. The van der Waals surface area contributed by atoms with Crippen LogP contribution in [0.25, 0.3) is 11.0 Å². The Hall–Kier alpha value is -3.55. The average molecular weight is 405 g/mol. The van der Waals surface area contributed by atoms with Gasteiger partial charge in [0.05, 0.1) is 22.6 Å². The molecule has 1 aromatic carbocycles. The Labute approximate surface area is 173 Å². The van der Waals surface area contributed by atoms with Crippen LogP contribution in [0.2, 0.25) is 0 Å². The molecular formula is C22H23N5O3. The number of pyridine rings is 1. The van der Waals surface area contributed by atoms with Gasteiger partial charge in [-0.2, -0.15) is 0 Å². The third-order valence-corrected chi connectivity index (χ3v) is 5.20. The molecule has 30 heavy (non-hydrogen) atoms. The number of carbonyl (C=O) groups is 3. The summed E-state index contributed by atoms with van der Waals surface area (Å²) in [4.78, 5) is 50.3. The van der Waals surface area contributed by atoms with Crippen molar-refractivity contribution in [1.29, 1.82) is 0 Å². The summed E-state index contributed by atoms with van der Waals surface area (Å²) in [5.74, 6) is -0.0594. The molecule has 0 spiro atoms. The molecule has 0 radical (unpaired) electrons. The second-order valence-corrected chi connectivity index (χ2v) is 7.69. The third kappa shape index (κ3) is 3.68. The first kappa shape index (κ1) is 19.8. The second-order valence-electron chi connectivity index (χ2n) is 7.69. The van der Waals surface area contributed by atoms with Gasteiger partial charge >= 0.3 is 0 Å². The molecule has 1 unspecified atom stereocenters. The van der Waals surface area contributed by atoms with Crippen LogP contribution in [0.5, 0.6) is 0 Å². The number of imide groups is 1. The third-order valence-electron chi connectivity index (χ3n) is 5.20. The fourth-order valence-corrected chi connectivity index (χ4v) is 3.63. The highest BCUT2D eigenvalue weighted by atomic mass is 16.2. The van der Waals surface area contributed by atoms with E-state index in [4.69, 9.17) is 0 Å². The first-order valence-electron chi connectivity index (χ1n) is 10.0. The topological polar surface area (TPSA) is 108 Å². The van der Waals surface area contributed by atoms with Crippen LogP contribution >= 0.6 is 0 Å². The summed E-state index contributed by atoms with van der Waals surface area (Å²) in [5.41, 5.74) is 2.27. The monoisotopic (exact) mass is 405 g/mol. The van der Waals surface area contributed by atoms with Gasteiger partial charge in [-0.15, -0.1) is 0 Å². The van der Waals surface area contributed by atoms with Gasteiger partial charge in [0.25, 0.3) is 11.8 Å². The van der Waals surface area contributed by atoms with Crippen LogP contribution in [0.1, 0.15) is 59.4 Å². The average Bonchev–Trinajstić information content (AvgIpc) is 3.27. The van der Waals surface area contributed by atoms with Crippen molar-refractivity contribution in [3.05, 3.63) is 59.7 Å². The number of H-pyrrole nitrogens is 1. The van der Waals surface area contributed by atoms with E-state index in [1.807, 2.05) is 38.1 Å². The zero-order valence-corrected chi connectivity index (χ0v) is 16.9. The number of carbonyl (C=O) groups excluding carboxylic acids is 3. The standard InChI is InChI=1S/C22H23N5O3/c1-13(2)18(20-24-15-8-3-4-9-16(15)25-20)26-17(28)10-6-12-27-21(29)14-7-5-11-23-19(14)22(27)30/h3-5,7-9,11,13,18H,6,10,12H2,1-2H3,(H,24,25)(H,26,28). The van der Waals surface area contributed by atoms with E-state index in [2.05, 4.69) is 20.3 Å². The molecule has 4 rings (SSSR count). The Morgan fingerprint density at radius 2 is 1.93 bits per heavy atom. The normalized spacial score (nSPS) is 14.4. The van der Waals surface area contributed by atoms with E-state index in [0.717, 1.165) is 15.9 Å². The lowest BCUT2D eigenvalue weighted by atomic mass is 10.0. The molecule has 0 bridgehead atoms. The van der Waals surface area contributed by atoms with E-state index < -0.39 is 5.91 Å². The number of rotatable bonds is 7. The van der Waals surface area contributed by atoms with Crippen molar-refractivity contribution in [2.45, 2.75) is 32.7 Å². The van der Waals surface area contributed by atoms with Crippen molar-refractivity contribution in [2.75, 3.05) is 6.54 Å². The summed E-state index contributed by atoms with van der Waals surface area (Å²) < 4.78 is 0. The van der Waals surface area contributed by atoms with Gasteiger partial charge in [-0.05, 0) is 36.6 Å². The zero-order valence-electron chi connectivity index (χ0n) is 16.9. The van der Waals surface area contributed by atoms with Crippen LogP contribution in [0.15, 0.2) is 42.6 Å².